The van der Waals surface area contributed by atoms with Gasteiger partial charge in [0.25, 0.3) is 5.56 Å². The fourth-order valence-electron chi connectivity index (χ4n) is 5.25. The standard InChI is InChI=1S/C34H29FN4O3S/c1-20(2)22-10-12-24(13-11-22)31-29(33(41)42-4)21(3)36-34-39(31)32(40)28(43-34)18-25-19-38(27-8-6-5-7-9-27)37-30(25)23-14-16-26(35)17-15-23/h5-20,31H,1-4H3/b28-18-/t31-/m0/s1. The van der Waals surface area contributed by atoms with Crippen molar-refractivity contribution < 1.29 is 13.9 Å². The summed E-state index contributed by atoms with van der Waals surface area (Å²) in [5.41, 5.74) is 5.31. The topological polar surface area (TPSA) is 78.5 Å². The number of allylic oxidation sites excluding steroid dienone is 1. The summed E-state index contributed by atoms with van der Waals surface area (Å²) in [6.45, 7) is 5.99. The monoisotopic (exact) mass is 592 g/mol. The number of carbonyl (C=O) groups excluding carboxylic acids is 1. The molecule has 0 amide bonds. The average Bonchev–Trinajstić information content (AvgIpc) is 3.57. The zero-order valence-electron chi connectivity index (χ0n) is 24.1. The smallest absolute Gasteiger partial charge is 0.338 e. The number of para-hydroxylation sites is 1. The van der Waals surface area contributed by atoms with Crippen LogP contribution in [0.1, 0.15) is 49.4 Å². The van der Waals surface area contributed by atoms with Crippen LogP contribution in [0.5, 0.6) is 0 Å². The number of fused-ring (bicyclic) bond motifs is 1. The highest BCUT2D eigenvalue weighted by Crippen LogP contribution is 2.31. The van der Waals surface area contributed by atoms with Gasteiger partial charge in [-0.1, -0.05) is 67.6 Å². The molecule has 2 aromatic heterocycles. The number of aromatic nitrogens is 3. The molecule has 43 heavy (non-hydrogen) atoms. The van der Waals surface area contributed by atoms with Crippen LogP contribution >= 0.6 is 11.3 Å². The lowest BCUT2D eigenvalue weighted by Crippen LogP contribution is -2.39. The van der Waals surface area contributed by atoms with Gasteiger partial charge < -0.3 is 4.74 Å². The van der Waals surface area contributed by atoms with E-state index in [1.165, 1.54) is 30.6 Å². The number of halogens is 1. The summed E-state index contributed by atoms with van der Waals surface area (Å²) >= 11 is 1.24. The van der Waals surface area contributed by atoms with Gasteiger partial charge >= 0.3 is 5.97 Å². The van der Waals surface area contributed by atoms with Gasteiger partial charge in [-0.25, -0.2) is 18.9 Å². The first-order valence-corrected chi connectivity index (χ1v) is 14.7. The Bertz CT molecular complexity index is 2040. The molecule has 0 fully saturated rings. The van der Waals surface area contributed by atoms with Crippen LogP contribution in [0.15, 0.2) is 106 Å². The molecule has 3 heterocycles. The SMILES string of the molecule is COC(=O)C1=C(C)N=c2s/c(=C\c3cn(-c4ccccc4)nc3-c3ccc(F)cc3)c(=O)n2[C@H]1c1ccc(C(C)C)cc1. The Kier molecular flexibility index (Phi) is 7.50. The molecule has 0 spiro atoms. The fraction of sp³-hybridized carbons (Fsp3) is 0.176. The van der Waals surface area contributed by atoms with Crippen LogP contribution in [-0.2, 0) is 9.53 Å². The van der Waals surface area contributed by atoms with Crippen LogP contribution in [0.25, 0.3) is 23.0 Å². The van der Waals surface area contributed by atoms with Crippen molar-refractivity contribution in [2.45, 2.75) is 32.7 Å². The highest BCUT2D eigenvalue weighted by Gasteiger charge is 2.33. The minimum absolute atomic E-state index is 0.284. The molecule has 1 aliphatic heterocycles. The van der Waals surface area contributed by atoms with Gasteiger partial charge in [-0.3, -0.25) is 9.36 Å². The molecule has 9 heteroatoms. The first-order valence-electron chi connectivity index (χ1n) is 13.9. The first kappa shape index (κ1) is 28.2. The summed E-state index contributed by atoms with van der Waals surface area (Å²) in [6, 6.07) is 23.0. The summed E-state index contributed by atoms with van der Waals surface area (Å²) in [4.78, 5) is 32.3. The number of hydrogen-bond donors (Lipinski definition) is 0. The normalized spacial score (nSPS) is 15.0. The molecule has 0 saturated heterocycles. The van der Waals surface area contributed by atoms with Crippen molar-refractivity contribution in [2.24, 2.45) is 4.99 Å². The maximum Gasteiger partial charge on any atom is 0.338 e. The van der Waals surface area contributed by atoms with Gasteiger partial charge in [0.1, 0.15) is 11.5 Å². The molecule has 3 aromatic carbocycles. The Morgan fingerprint density at radius 2 is 1.72 bits per heavy atom. The third kappa shape index (κ3) is 5.28. The van der Waals surface area contributed by atoms with E-state index in [0.717, 1.165) is 16.8 Å². The van der Waals surface area contributed by atoms with Gasteiger partial charge in [-0.15, -0.1) is 0 Å². The Morgan fingerprint density at radius 3 is 2.37 bits per heavy atom. The van der Waals surface area contributed by atoms with Crippen molar-refractivity contribution in [1.82, 2.24) is 14.3 Å². The van der Waals surface area contributed by atoms with E-state index in [4.69, 9.17) is 9.84 Å². The molecule has 0 radical (unpaired) electrons. The number of benzene rings is 3. The predicted octanol–water partition coefficient (Wildman–Crippen LogP) is 5.52. The third-order valence-corrected chi connectivity index (χ3v) is 8.50. The van der Waals surface area contributed by atoms with Crippen molar-refractivity contribution >= 4 is 23.4 Å². The van der Waals surface area contributed by atoms with Crippen molar-refractivity contribution in [2.75, 3.05) is 7.11 Å². The number of hydrogen-bond acceptors (Lipinski definition) is 6. The molecular formula is C34H29FN4O3S. The molecule has 6 rings (SSSR count). The molecule has 7 nitrogen and oxygen atoms in total. The Labute approximate surface area is 251 Å². The first-order chi connectivity index (χ1) is 20.7. The zero-order valence-corrected chi connectivity index (χ0v) is 24.9. The molecule has 0 unspecified atom stereocenters. The molecule has 1 atom stereocenters. The number of carbonyl (C=O) groups is 1. The molecular weight excluding hydrogens is 563 g/mol. The van der Waals surface area contributed by atoms with Crippen LogP contribution in [-0.4, -0.2) is 27.4 Å². The van der Waals surface area contributed by atoms with E-state index in [1.807, 2.05) is 60.8 Å². The highest BCUT2D eigenvalue weighted by atomic mass is 32.1. The van der Waals surface area contributed by atoms with E-state index < -0.39 is 12.0 Å². The quantitative estimate of drug-likeness (QED) is 0.243. The second-order valence-corrected chi connectivity index (χ2v) is 11.6. The van der Waals surface area contributed by atoms with Crippen molar-refractivity contribution in [3.05, 3.63) is 139 Å². The van der Waals surface area contributed by atoms with E-state index in [-0.39, 0.29) is 11.4 Å². The largest absolute Gasteiger partial charge is 0.466 e. The van der Waals surface area contributed by atoms with E-state index >= 15 is 0 Å². The minimum atomic E-state index is -0.698. The molecule has 5 aromatic rings. The zero-order chi connectivity index (χ0) is 30.2. The molecule has 0 aliphatic carbocycles. The van der Waals surface area contributed by atoms with E-state index in [1.54, 1.807) is 34.4 Å². The summed E-state index contributed by atoms with van der Waals surface area (Å²) in [5, 5.41) is 4.80. The van der Waals surface area contributed by atoms with Gasteiger partial charge in [-0.2, -0.15) is 5.10 Å². The van der Waals surface area contributed by atoms with Gasteiger partial charge in [0, 0.05) is 17.3 Å². The van der Waals surface area contributed by atoms with Gasteiger partial charge in [0.2, 0.25) is 0 Å². The molecule has 0 bridgehead atoms. The average molecular weight is 593 g/mol. The van der Waals surface area contributed by atoms with E-state index in [2.05, 4.69) is 18.8 Å². The van der Waals surface area contributed by atoms with Gasteiger partial charge in [0.05, 0.1) is 34.6 Å². The molecule has 216 valence electrons. The lowest BCUT2D eigenvalue weighted by Gasteiger charge is -2.24. The number of nitrogens with zero attached hydrogens (tertiary/aromatic N) is 4. The van der Waals surface area contributed by atoms with E-state index in [0.29, 0.717) is 43.3 Å². The van der Waals surface area contributed by atoms with Gasteiger partial charge in [-0.05, 0) is 66.4 Å². The Balaban J connectivity index is 1.55. The van der Waals surface area contributed by atoms with Crippen molar-refractivity contribution in [3.8, 4) is 16.9 Å². The van der Waals surface area contributed by atoms with Crippen molar-refractivity contribution in [3.63, 3.8) is 0 Å². The van der Waals surface area contributed by atoms with Crippen LogP contribution in [0, 0.1) is 5.82 Å². The maximum absolute atomic E-state index is 14.1. The Morgan fingerprint density at radius 1 is 1.02 bits per heavy atom. The maximum atomic E-state index is 14.1. The minimum Gasteiger partial charge on any atom is -0.466 e. The summed E-state index contributed by atoms with van der Waals surface area (Å²) in [5.74, 6) is -0.545. The third-order valence-electron chi connectivity index (χ3n) is 7.51. The number of ether oxygens (including phenoxy) is 1. The molecule has 0 N–H and O–H groups in total. The number of thiazole rings is 1. The highest BCUT2D eigenvalue weighted by molar-refractivity contribution is 7.07. The molecule has 0 saturated carbocycles. The lowest BCUT2D eigenvalue weighted by atomic mass is 9.93. The lowest BCUT2D eigenvalue weighted by molar-refractivity contribution is -0.136. The summed E-state index contributed by atoms with van der Waals surface area (Å²) < 4.78 is 22.6. The fourth-order valence-corrected chi connectivity index (χ4v) is 6.29. The van der Waals surface area contributed by atoms with Crippen LogP contribution < -0.4 is 14.9 Å². The number of methoxy groups -OCH3 is 1. The summed E-state index contributed by atoms with van der Waals surface area (Å²) in [6.07, 6.45) is 3.63. The Hall–Kier alpha value is -4.89. The van der Waals surface area contributed by atoms with Crippen LogP contribution in [0.3, 0.4) is 0 Å². The van der Waals surface area contributed by atoms with Crippen LogP contribution in [0.4, 0.5) is 4.39 Å². The number of rotatable bonds is 6. The predicted molar refractivity (Wildman–Crippen MR) is 165 cm³/mol. The number of esters is 1. The second kappa shape index (κ2) is 11.4. The van der Waals surface area contributed by atoms with Crippen LogP contribution in [0.2, 0.25) is 0 Å². The molecule has 1 aliphatic rings. The summed E-state index contributed by atoms with van der Waals surface area (Å²) in [7, 11) is 1.33. The van der Waals surface area contributed by atoms with Crippen molar-refractivity contribution in [1.29, 1.82) is 0 Å². The van der Waals surface area contributed by atoms with Gasteiger partial charge in [0.15, 0.2) is 4.80 Å². The second-order valence-electron chi connectivity index (χ2n) is 10.6. The van der Waals surface area contributed by atoms with E-state index in [9.17, 15) is 14.0 Å².